The van der Waals surface area contributed by atoms with E-state index in [1.807, 2.05) is 24.3 Å². The predicted molar refractivity (Wildman–Crippen MR) is 115 cm³/mol. The van der Waals surface area contributed by atoms with Crippen molar-refractivity contribution in [2.45, 2.75) is 26.2 Å². The molecular weight excluding hydrogens is 366 g/mol. The molecule has 4 N–H and O–H groups in total. The Morgan fingerprint density at radius 1 is 1.17 bits per heavy atom. The Hall–Kier alpha value is -3.39. The van der Waals surface area contributed by atoms with Crippen LogP contribution in [0, 0.1) is 5.41 Å². The highest BCUT2D eigenvalue weighted by atomic mass is 16.3. The highest BCUT2D eigenvalue weighted by Crippen LogP contribution is 2.21. The summed E-state index contributed by atoms with van der Waals surface area (Å²) in [5.74, 6) is 1.65. The second-order valence-corrected chi connectivity index (χ2v) is 6.89. The van der Waals surface area contributed by atoms with Gasteiger partial charge in [-0.1, -0.05) is 13.8 Å². The van der Waals surface area contributed by atoms with E-state index in [0.29, 0.717) is 41.6 Å². The van der Waals surface area contributed by atoms with E-state index in [1.165, 1.54) is 6.21 Å². The molecule has 0 aliphatic rings. The third-order valence-electron chi connectivity index (χ3n) is 4.36. The van der Waals surface area contributed by atoms with Crippen LogP contribution in [0.1, 0.15) is 37.3 Å². The molecule has 8 nitrogen and oxygen atoms in total. The van der Waals surface area contributed by atoms with Gasteiger partial charge in [0.15, 0.2) is 5.82 Å². The number of nitrogens with one attached hydrogen (secondary N) is 3. The number of pyridine rings is 2. The van der Waals surface area contributed by atoms with Crippen molar-refractivity contribution in [3.63, 3.8) is 0 Å². The Balaban J connectivity index is 1.85. The number of fused-ring (bicyclic) bond motifs is 1. The molecule has 3 aromatic heterocycles. The lowest BCUT2D eigenvalue weighted by atomic mass is 10.1. The molecule has 0 fully saturated rings. The molecule has 3 heterocycles. The molecule has 0 amide bonds. The van der Waals surface area contributed by atoms with Gasteiger partial charge in [0.25, 0.3) is 0 Å². The molecule has 8 heteroatoms. The van der Waals surface area contributed by atoms with E-state index in [-0.39, 0.29) is 6.61 Å². The first kappa shape index (κ1) is 20.3. The number of aliphatic hydroxyl groups is 1. The summed E-state index contributed by atoms with van der Waals surface area (Å²) in [5, 5.41) is 31.0. The van der Waals surface area contributed by atoms with E-state index >= 15 is 0 Å². The van der Waals surface area contributed by atoms with E-state index in [4.69, 9.17) is 10.5 Å². The number of anilines is 2. The number of rotatable bonds is 9. The monoisotopic (exact) mass is 391 g/mol. The Morgan fingerprint density at radius 3 is 2.79 bits per heavy atom. The van der Waals surface area contributed by atoms with Crippen LogP contribution in [0.25, 0.3) is 16.6 Å². The van der Waals surface area contributed by atoms with Crippen LogP contribution < -0.4 is 10.6 Å². The molecule has 0 bridgehead atoms. The van der Waals surface area contributed by atoms with Crippen molar-refractivity contribution in [2.75, 3.05) is 18.5 Å². The maximum absolute atomic E-state index is 8.86. The lowest BCUT2D eigenvalue weighted by molar-refractivity contribution is 0.288. The maximum atomic E-state index is 8.86. The van der Waals surface area contributed by atoms with Gasteiger partial charge in [0.1, 0.15) is 5.82 Å². The average molecular weight is 391 g/mol. The van der Waals surface area contributed by atoms with Gasteiger partial charge in [0.05, 0.1) is 17.2 Å². The summed E-state index contributed by atoms with van der Waals surface area (Å²) in [6.07, 6.45) is 7.15. The fourth-order valence-corrected chi connectivity index (χ4v) is 2.70. The van der Waals surface area contributed by atoms with Crippen molar-refractivity contribution < 1.29 is 5.11 Å². The molecule has 0 saturated heterocycles. The van der Waals surface area contributed by atoms with Gasteiger partial charge in [-0.3, -0.25) is 4.98 Å². The van der Waals surface area contributed by atoms with Gasteiger partial charge in [-0.2, -0.15) is 5.10 Å². The minimum Gasteiger partial charge on any atom is -0.396 e. The van der Waals surface area contributed by atoms with E-state index in [2.05, 4.69) is 44.6 Å². The first-order valence-corrected chi connectivity index (χ1v) is 9.52. The van der Waals surface area contributed by atoms with Gasteiger partial charge in [0.2, 0.25) is 0 Å². The van der Waals surface area contributed by atoms with E-state index in [0.717, 1.165) is 16.6 Å². The fourth-order valence-electron chi connectivity index (χ4n) is 2.70. The smallest absolute Gasteiger partial charge is 0.154 e. The molecule has 0 saturated carbocycles. The van der Waals surface area contributed by atoms with Gasteiger partial charge in [-0.15, -0.1) is 5.10 Å². The number of aliphatic hydroxyl groups excluding tert-OH is 1. The molecular formula is C21H25N7O. The first-order valence-electron chi connectivity index (χ1n) is 9.52. The van der Waals surface area contributed by atoms with Crippen LogP contribution in [-0.4, -0.2) is 44.6 Å². The normalized spacial score (nSPS) is 11.7. The van der Waals surface area contributed by atoms with E-state index in [9.17, 15) is 0 Å². The molecule has 0 spiro atoms. The van der Waals surface area contributed by atoms with Crippen LogP contribution >= 0.6 is 0 Å². The zero-order chi connectivity index (χ0) is 20.6. The highest BCUT2D eigenvalue weighted by Gasteiger charge is 2.07. The summed E-state index contributed by atoms with van der Waals surface area (Å²) >= 11 is 0. The summed E-state index contributed by atoms with van der Waals surface area (Å²) < 4.78 is 0. The number of allylic oxidation sites excluding steroid dienone is 1. The second kappa shape index (κ2) is 9.70. The molecule has 0 aliphatic heterocycles. The standard InChI is InChI=1S/C21H25N7O/c1-14(2)15-9-21(28-25-13-15)27-20-5-4-18-19(26-20)8-16(12-24-18)17(10-22)11-23-6-3-7-29/h4-5,8-14,22-23,29H,3,6-7H2,1-2H3,(H,26,27,28)/b17-11+,22-10?. The van der Waals surface area contributed by atoms with Crippen LogP contribution in [0.4, 0.5) is 11.6 Å². The third-order valence-corrected chi connectivity index (χ3v) is 4.36. The van der Waals surface area contributed by atoms with Gasteiger partial charge in [0, 0.05) is 42.9 Å². The molecule has 0 unspecified atom stereocenters. The molecule has 150 valence electrons. The van der Waals surface area contributed by atoms with Crippen LogP contribution in [0.3, 0.4) is 0 Å². The number of hydrogen-bond donors (Lipinski definition) is 4. The Bertz CT molecular complexity index is 1020. The molecule has 29 heavy (non-hydrogen) atoms. The number of nitrogens with zero attached hydrogens (tertiary/aromatic N) is 4. The number of aromatic nitrogens is 4. The molecule has 0 aliphatic carbocycles. The molecule has 3 rings (SSSR count). The lowest BCUT2D eigenvalue weighted by Gasteiger charge is -2.09. The van der Waals surface area contributed by atoms with Gasteiger partial charge < -0.3 is 21.1 Å². The highest BCUT2D eigenvalue weighted by molar-refractivity contribution is 6.08. The molecule has 0 radical (unpaired) electrons. The topological polar surface area (TPSA) is 120 Å². The largest absolute Gasteiger partial charge is 0.396 e. The van der Waals surface area contributed by atoms with Crippen LogP contribution in [0.15, 0.2) is 42.9 Å². The van der Waals surface area contributed by atoms with Crippen molar-refractivity contribution in [1.82, 2.24) is 25.5 Å². The zero-order valence-electron chi connectivity index (χ0n) is 16.6. The van der Waals surface area contributed by atoms with Crippen molar-refractivity contribution in [2.24, 2.45) is 0 Å². The van der Waals surface area contributed by atoms with Crippen LogP contribution in [0.2, 0.25) is 0 Å². The Kier molecular flexibility index (Phi) is 6.80. The fraction of sp³-hybridized carbons (Fsp3) is 0.286. The maximum Gasteiger partial charge on any atom is 0.154 e. The minimum atomic E-state index is 0.127. The molecule has 0 atom stereocenters. The SMILES string of the molecule is CC(C)c1cnnc(Nc2ccc3ncc(/C(C=N)=C/NCCCO)cc3n2)c1. The summed E-state index contributed by atoms with van der Waals surface area (Å²) in [7, 11) is 0. The summed E-state index contributed by atoms with van der Waals surface area (Å²) in [4.78, 5) is 9.08. The molecule has 0 aromatic carbocycles. The van der Waals surface area contributed by atoms with Crippen molar-refractivity contribution in [3.05, 3.63) is 54.0 Å². The zero-order valence-corrected chi connectivity index (χ0v) is 16.6. The van der Waals surface area contributed by atoms with Gasteiger partial charge in [-0.05, 0) is 42.2 Å². The second-order valence-electron chi connectivity index (χ2n) is 6.89. The lowest BCUT2D eigenvalue weighted by Crippen LogP contribution is -2.09. The quantitative estimate of drug-likeness (QED) is 0.326. The van der Waals surface area contributed by atoms with Crippen LogP contribution in [-0.2, 0) is 0 Å². The van der Waals surface area contributed by atoms with Crippen LogP contribution in [0.5, 0.6) is 0 Å². The van der Waals surface area contributed by atoms with Crippen molar-refractivity contribution in [3.8, 4) is 0 Å². The van der Waals surface area contributed by atoms with Gasteiger partial charge >= 0.3 is 0 Å². The Morgan fingerprint density at radius 2 is 2.03 bits per heavy atom. The van der Waals surface area contributed by atoms with Gasteiger partial charge in [-0.25, -0.2) is 4.98 Å². The summed E-state index contributed by atoms with van der Waals surface area (Å²) in [6.45, 7) is 4.98. The van der Waals surface area contributed by atoms with Crippen molar-refractivity contribution >= 4 is 34.5 Å². The Labute approximate surface area is 169 Å². The predicted octanol–water partition coefficient (Wildman–Crippen LogP) is 3.25. The van der Waals surface area contributed by atoms with E-state index in [1.54, 1.807) is 18.6 Å². The minimum absolute atomic E-state index is 0.127. The summed E-state index contributed by atoms with van der Waals surface area (Å²) in [6, 6.07) is 7.60. The molecule has 3 aromatic rings. The van der Waals surface area contributed by atoms with Crippen molar-refractivity contribution in [1.29, 1.82) is 5.41 Å². The average Bonchev–Trinajstić information content (AvgIpc) is 2.73. The third kappa shape index (κ3) is 5.32. The summed E-state index contributed by atoms with van der Waals surface area (Å²) in [5.41, 5.74) is 4.05. The first-order chi connectivity index (χ1) is 14.1. The van der Waals surface area contributed by atoms with E-state index < -0.39 is 0 Å². The number of hydrogen-bond acceptors (Lipinski definition) is 8.